The molecule has 0 aliphatic heterocycles. The highest BCUT2D eigenvalue weighted by molar-refractivity contribution is 9.10. The van der Waals surface area contributed by atoms with Gasteiger partial charge in [-0.3, -0.25) is 0 Å². The molecule has 1 aromatic carbocycles. The third-order valence-electron chi connectivity index (χ3n) is 3.27. The zero-order chi connectivity index (χ0) is 14.7. The van der Waals surface area contributed by atoms with Crippen LogP contribution < -0.4 is 5.32 Å². The molecular formula is C16H19BrFNS. The summed E-state index contributed by atoms with van der Waals surface area (Å²) in [5.74, 6) is -0.213. The SMILES string of the molecule is Cc1ccc(CC(C)NC(C)c2ccc(F)cc2Br)s1. The number of rotatable bonds is 5. The molecule has 1 heterocycles. The Morgan fingerprint density at radius 2 is 2.00 bits per heavy atom. The monoisotopic (exact) mass is 355 g/mol. The maximum atomic E-state index is 13.1. The molecule has 2 atom stereocenters. The molecule has 0 bridgehead atoms. The van der Waals surface area contributed by atoms with Crippen LogP contribution in [-0.2, 0) is 6.42 Å². The Balaban J connectivity index is 1.98. The molecule has 20 heavy (non-hydrogen) atoms. The second-order valence-electron chi connectivity index (χ2n) is 5.17. The third-order valence-corrected chi connectivity index (χ3v) is 4.98. The van der Waals surface area contributed by atoms with Crippen molar-refractivity contribution in [2.24, 2.45) is 0 Å². The van der Waals surface area contributed by atoms with Gasteiger partial charge in [0.1, 0.15) is 5.82 Å². The number of hydrogen-bond donors (Lipinski definition) is 1. The van der Waals surface area contributed by atoms with Gasteiger partial charge in [0.05, 0.1) is 0 Å². The van der Waals surface area contributed by atoms with Crippen LogP contribution in [0.25, 0.3) is 0 Å². The van der Waals surface area contributed by atoms with E-state index in [1.807, 2.05) is 17.4 Å². The van der Waals surface area contributed by atoms with Crippen LogP contribution in [0.1, 0.15) is 35.2 Å². The number of thiophene rings is 1. The highest BCUT2D eigenvalue weighted by Crippen LogP contribution is 2.25. The van der Waals surface area contributed by atoms with Crippen LogP contribution in [0.15, 0.2) is 34.8 Å². The molecule has 0 spiro atoms. The van der Waals surface area contributed by atoms with Gasteiger partial charge in [-0.15, -0.1) is 11.3 Å². The molecule has 0 aliphatic rings. The van der Waals surface area contributed by atoms with Crippen molar-refractivity contribution in [2.75, 3.05) is 0 Å². The Bertz CT molecular complexity index is 582. The summed E-state index contributed by atoms with van der Waals surface area (Å²) in [5, 5.41) is 3.57. The molecule has 0 fully saturated rings. The van der Waals surface area contributed by atoms with E-state index in [9.17, 15) is 4.39 Å². The molecule has 0 amide bonds. The van der Waals surface area contributed by atoms with E-state index in [2.05, 4.69) is 54.2 Å². The number of benzene rings is 1. The normalized spacial score (nSPS) is 14.2. The fraction of sp³-hybridized carbons (Fsp3) is 0.375. The summed E-state index contributed by atoms with van der Waals surface area (Å²) in [6.07, 6.45) is 1.02. The van der Waals surface area contributed by atoms with Crippen molar-refractivity contribution in [1.29, 1.82) is 0 Å². The minimum Gasteiger partial charge on any atom is -0.307 e. The fourth-order valence-corrected chi connectivity index (χ4v) is 4.04. The van der Waals surface area contributed by atoms with Crippen LogP contribution >= 0.6 is 27.3 Å². The van der Waals surface area contributed by atoms with Crippen LogP contribution in [0.5, 0.6) is 0 Å². The van der Waals surface area contributed by atoms with Crippen molar-refractivity contribution in [1.82, 2.24) is 5.32 Å². The van der Waals surface area contributed by atoms with Gasteiger partial charge >= 0.3 is 0 Å². The average molecular weight is 356 g/mol. The molecule has 0 radical (unpaired) electrons. The Kier molecular flexibility index (Phi) is 5.35. The number of hydrogen-bond acceptors (Lipinski definition) is 2. The van der Waals surface area contributed by atoms with Crippen molar-refractivity contribution in [2.45, 2.75) is 39.3 Å². The molecule has 2 aromatic rings. The lowest BCUT2D eigenvalue weighted by atomic mass is 10.1. The van der Waals surface area contributed by atoms with E-state index in [-0.39, 0.29) is 11.9 Å². The van der Waals surface area contributed by atoms with E-state index in [1.165, 1.54) is 21.9 Å². The summed E-state index contributed by atoms with van der Waals surface area (Å²) in [6, 6.07) is 9.76. The highest BCUT2D eigenvalue weighted by atomic mass is 79.9. The molecule has 1 nitrogen and oxygen atoms in total. The second-order valence-corrected chi connectivity index (χ2v) is 7.40. The maximum absolute atomic E-state index is 13.1. The first-order chi connectivity index (χ1) is 9.45. The number of nitrogens with one attached hydrogen (secondary N) is 1. The van der Waals surface area contributed by atoms with E-state index in [4.69, 9.17) is 0 Å². The number of halogens is 2. The van der Waals surface area contributed by atoms with E-state index in [0.717, 1.165) is 16.5 Å². The average Bonchev–Trinajstić information content (AvgIpc) is 2.74. The first kappa shape index (κ1) is 15.7. The Morgan fingerprint density at radius 1 is 1.25 bits per heavy atom. The summed E-state index contributed by atoms with van der Waals surface area (Å²) in [7, 11) is 0. The standard InChI is InChI=1S/C16H19BrFNS/c1-10(8-14-6-4-11(2)20-14)19-12(3)15-7-5-13(18)9-16(15)17/h4-7,9-10,12,19H,8H2,1-3H3. The maximum Gasteiger partial charge on any atom is 0.124 e. The summed E-state index contributed by atoms with van der Waals surface area (Å²) in [6.45, 7) is 6.42. The topological polar surface area (TPSA) is 12.0 Å². The van der Waals surface area contributed by atoms with Crippen LogP contribution in [0, 0.1) is 12.7 Å². The fourth-order valence-electron chi connectivity index (χ4n) is 2.32. The molecule has 1 aromatic heterocycles. The van der Waals surface area contributed by atoms with Gasteiger partial charge in [-0.2, -0.15) is 0 Å². The van der Waals surface area contributed by atoms with Crippen LogP contribution in [0.3, 0.4) is 0 Å². The van der Waals surface area contributed by atoms with Gasteiger partial charge in [-0.05, 0) is 57.0 Å². The highest BCUT2D eigenvalue weighted by Gasteiger charge is 2.13. The van der Waals surface area contributed by atoms with E-state index >= 15 is 0 Å². The van der Waals surface area contributed by atoms with Gasteiger partial charge in [-0.25, -0.2) is 4.39 Å². The van der Waals surface area contributed by atoms with Gasteiger partial charge < -0.3 is 5.32 Å². The molecule has 1 N–H and O–H groups in total. The minimum atomic E-state index is -0.213. The Labute approximate surface area is 132 Å². The van der Waals surface area contributed by atoms with Crippen LogP contribution in [0.2, 0.25) is 0 Å². The molecule has 0 saturated heterocycles. The Morgan fingerprint density at radius 3 is 2.60 bits per heavy atom. The van der Waals surface area contributed by atoms with Gasteiger partial charge in [-0.1, -0.05) is 22.0 Å². The number of aryl methyl sites for hydroxylation is 1. The van der Waals surface area contributed by atoms with Crippen molar-refractivity contribution in [3.8, 4) is 0 Å². The lowest BCUT2D eigenvalue weighted by Crippen LogP contribution is -2.30. The van der Waals surface area contributed by atoms with Crippen LogP contribution in [-0.4, -0.2) is 6.04 Å². The minimum absolute atomic E-state index is 0.182. The molecular weight excluding hydrogens is 337 g/mol. The summed E-state index contributed by atoms with van der Waals surface area (Å²) in [4.78, 5) is 2.74. The third kappa shape index (κ3) is 4.14. The van der Waals surface area contributed by atoms with Gasteiger partial charge in [0.15, 0.2) is 0 Å². The van der Waals surface area contributed by atoms with Crippen molar-refractivity contribution >= 4 is 27.3 Å². The summed E-state index contributed by atoms with van der Waals surface area (Å²) < 4.78 is 13.9. The summed E-state index contributed by atoms with van der Waals surface area (Å²) in [5.41, 5.74) is 1.08. The zero-order valence-corrected chi connectivity index (χ0v) is 14.3. The largest absolute Gasteiger partial charge is 0.307 e. The van der Waals surface area contributed by atoms with E-state index in [1.54, 1.807) is 0 Å². The first-order valence-corrected chi connectivity index (χ1v) is 8.33. The van der Waals surface area contributed by atoms with Gasteiger partial charge in [0.2, 0.25) is 0 Å². The lowest BCUT2D eigenvalue weighted by molar-refractivity contribution is 0.477. The lowest BCUT2D eigenvalue weighted by Gasteiger charge is -2.21. The van der Waals surface area contributed by atoms with Crippen molar-refractivity contribution in [3.63, 3.8) is 0 Å². The Hall–Kier alpha value is -0.710. The first-order valence-electron chi connectivity index (χ1n) is 6.72. The smallest absolute Gasteiger partial charge is 0.124 e. The molecule has 2 unspecified atom stereocenters. The second kappa shape index (κ2) is 6.83. The predicted octanol–water partition coefficient (Wildman–Crippen LogP) is 5.24. The summed E-state index contributed by atoms with van der Waals surface area (Å²) >= 11 is 5.28. The van der Waals surface area contributed by atoms with Gasteiger partial charge in [0, 0.05) is 26.3 Å². The van der Waals surface area contributed by atoms with E-state index < -0.39 is 0 Å². The van der Waals surface area contributed by atoms with Crippen LogP contribution in [0.4, 0.5) is 4.39 Å². The molecule has 0 aliphatic carbocycles. The molecule has 108 valence electrons. The van der Waals surface area contributed by atoms with Crippen molar-refractivity contribution < 1.29 is 4.39 Å². The zero-order valence-electron chi connectivity index (χ0n) is 11.9. The van der Waals surface area contributed by atoms with Crippen molar-refractivity contribution in [3.05, 3.63) is 55.9 Å². The molecule has 0 saturated carbocycles. The molecule has 2 rings (SSSR count). The van der Waals surface area contributed by atoms with Gasteiger partial charge in [0.25, 0.3) is 0 Å². The van der Waals surface area contributed by atoms with E-state index in [0.29, 0.717) is 6.04 Å². The molecule has 4 heteroatoms. The quantitative estimate of drug-likeness (QED) is 0.773. The predicted molar refractivity (Wildman–Crippen MR) is 87.9 cm³/mol.